The number of carboxylic acids is 1. The molecule has 1 N–H and O–H groups in total. The van der Waals surface area contributed by atoms with E-state index in [0.29, 0.717) is 5.91 Å². The van der Waals surface area contributed by atoms with Gasteiger partial charge < -0.3 is 14.7 Å². The highest BCUT2D eigenvalue weighted by Gasteiger charge is 2.47. The minimum absolute atomic E-state index is 0.0446. The van der Waals surface area contributed by atoms with E-state index in [1.54, 1.807) is 12.4 Å². The average Bonchev–Trinajstić information content (AvgIpc) is 3.34. The van der Waals surface area contributed by atoms with Gasteiger partial charge in [-0.2, -0.15) is 13.2 Å². The number of hydrogen-bond acceptors (Lipinski definition) is 4. The summed E-state index contributed by atoms with van der Waals surface area (Å²) >= 11 is 0. The van der Waals surface area contributed by atoms with Gasteiger partial charge in [-0.3, -0.25) is 9.78 Å². The fourth-order valence-corrected chi connectivity index (χ4v) is 2.57. The van der Waals surface area contributed by atoms with Crippen molar-refractivity contribution in [3.63, 3.8) is 0 Å². The van der Waals surface area contributed by atoms with Crippen molar-refractivity contribution in [3.8, 4) is 5.75 Å². The van der Waals surface area contributed by atoms with E-state index in [1.165, 1.54) is 0 Å². The van der Waals surface area contributed by atoms with Crippen molar-refractivity contribution in [1.29, 1.82) is 0 Å². The van der Waals surface area contributed by atoms with Crippen LogP contribution in [0.1, 0.15) is 32.6 Å². The Kier molecular flexibility index (Phi) is 6.09. The minimum Gasteiger partial charge on any atom is -0.489 e. The molecule has 26 heavy (non-hydrogen) atoms. The third-order valence-electron chi connectivity index (χ3n) is 4.43. The first-order valence-electron chi connectivity index (χ1n) is 8.28. The number of aliphatic carboxylic acids is 1. The number of rotatable bonds is 3. The number of carbonyl (C=O) groups excluding carboxylic acids is 1. The van der Waals surface area contributed by atoms with E-state index in [0.717, 1.165) is 44.5 Å². The first-order chi connectivity index (χ1) is 12.1. The Hall–Kier alpha value is -2.32. The number of piperidine rings is 1. The van der Waals surface area contributed by atoms with Crippen LogP contribution in [0.3, 0.4) is 0 Å². The molecular weight excluding hydrogens is 353 g/mol. The molecular formula is C17H21F3N2O4. The lowest BCUT2D eigenvalue weighted by Crippen LogP contribution is -2.44. The van der Waals surface area contributed by atoms with E-state index >= 15 is 0 Å². The van der Waals surface area contributed by atoms with E-state index in [4.69, 9.17) is 14.6 Å². The largest absolute Gasteiger partial charge is 0.490 e. The number of hydrogen-bond donors (Lipinski definition) is 1. The van der Waals surface area contributed by atoms with Gasteiger partial charge in [-0.25, -0.2) is 4.79 Å². The van der Waals surface area contributed by atoms with Crippen LogP contribution in [0.25, 0.3) is 0 Å². The molecule has 2 aliphatic rings. The van der Waals surface area contributed by atoms with E-state index in [9.17, 15) is 18.0 Å². The number of carbonyl (C=O) groups is 2. The van der Waals surface area contributed by atoms with Crippen molar-refractivity contribution < 1.29 is 32.6 Å². The van der Waals surface area contributed by atoms with Crippen molar-refractivity contribution in [1.82, 2.24) is 9.88 Å². The second-order valence-electron chi connectivity index (χ2n) is 6.66. The Bertz CT molecular complexity index is 625. The van der Waals surface area contributed by atoms with Crippen molar-refractivity contribution >= 4 is 11.9 Å². The molecule has 0 radical (unpaired) electrons. The van der Waals surface area contributed by atoms with Gasteiger partial charge in [0.2, 0.25) is 5.91 Å². The van der Waals surface area contributed by atoms with Crippen LogP contribution in [-0.2, 0) is 9.59 Å². The lowest BCUT2D eigenvalue weighted by Gasteiger charge is -2.33. The molecule has 3 rings (SSSR count). The summed E-state index contributed by atoms with van der Waals surface area (Å²) in [6.45, 7) is 3.71. The van der Waals surface area contributed by atoms with Crippen LogP contribution in [0.2, 0.25) is 0 Å². The molecule has 1 saturated carbocycles. The summed E-state index contributed by atoms with van der Waals surface area (Å²) in [5, 5.41) is 7.12. The molecule has 6 nitrogen and oxygen atoms in total. The normalized spacial score (nSPS) is 19.2. The van der Waals surface area contributed by atoms with E-state index in [2.05, 4.69) is 11.9 Å². The van der Waals surface area contributed by atoms with Crippen LogP contribution in [-0.4, -0.2) is 52.2 Å². The summed E-state index contributed by atoms with van der Waals surface area (Å²) in [5.74, 6) is -1.60. The maximum absolute atomic E-state index is 12.2. The molecule has 0 unspecified atom stereocenters. The van der Waals surface area contributed by atoms with Crippen molar-refractivity contribution in [2.45, 2.75) is 44.9 Å². The summed E-state index contributed by atoms with van der Waals surface area (Å²) in [7, 11) is 0. The first kappa shape index (κ1) is 20.0. The van der Waals surface area contributed by atoms with Crippen molar-refractivity contribution in [2.24, 2.45) is 5.41 Å². The lowest BCUT2D eigenvalue weighted by molar-refractivity contribution is -0.192. The number of likely N-dealkylation sites (tertiary alicyclic amines) is 1. The number of aromatic nitrogens is 1. The molecule has 2 fully saturated rings. The van der Waals surface area contributed by atoms with Crippen molar-refractivity contribution in [3.05, 3.63) is 24.5 Å². The fraction of sp³-hybridized carbons (Fsp3) is 0.588. The van der Waals surface area contributed by atoms with Gasteiger partial charge in [0.1, 0.15) is 11.9 Å². The van der Waals surface area contributed by atoms with Crippen LogP contribution in [0.4, 0.5) is 13.2 Å². The summed E-state index contributed by atoms with van der Waals surface area (Å²) < 4.78 is 37.6. The van der Waals surface area contributed by atoms with Gasteiger partial charge in [0.05, 0.1) is 6.20 Å². The minimum atomic E-state index is -5.08. The zero-order valence-electron chi connectivity index (χ0n) is 14.3. The molecule has 0 atom stereocenters. The number of amides is 1. The third kappa shape index (κ3) is 5.60. The van der Waals surface area contributed by atoms with Crippen LogP contribution < -0.4 is 4.74 Å². The number of carboxylic acid groups (broad SMARTS) is 1. The molecule has 0 spiro atoms. The molecule has 1 aromatic heterocycles. The Morgan fingerprint density at radius 2 is 1.88 bits per heavy atom. The van der Waals surface area contributed by atoms with Crippen LogP contribution in [0.5, 0.6) is 5.75 Å². The second-order valence-corrected chi connectivity index (χ2v) is 6.66. The lowest BCUT2D eigenvalue weighted by atomic mass is 10.0. The van der Waals surface area contributed by atoms with E-state index in [1.807, 2.05) is 17.0 Å². The van der Waals surface area contributed by atoms with E-state index < -0.39 is 12.1 Å². The number of alkyl halides is 3. The van der Waals surface area contributed by atoms with Crippen LogP contribution in [0.15, 0.2) is 24.5 Å². The molecule has 9 heteroatoms. The van der Waals surface area contributed by atoms with Gasteiger partial charge in [0.15, 0.2) is 0 Å². The van der Waals surface area contributed by atoms with Gasteiger partial charge in [0, 0.05) is 37.5 Å². The molecule has 2 heterocycles. The summed E-state index contributed by atoms with van der Waals surface area (Å²) in [6, 6.07) is 3.80. The quantitative estimate of drug-likeness (QED) is 0.880. The molecule has 1 saturated heterocycles. The zero-order valence-corrected chi connectivity index (χ0v) is 14.3. The van der Waals surface area contributed by atoms with Gasteiger partial charge in [-0.05, 0) is 25.0 Å². The maximum atomic E-state index is 12.2. The van der Waals surface area contributed by atoms with Gasteiger partial charge in [-0.15, -0.1) is 0 Å². The maximum Gasteiger partial charge on any atom is 0.490 e. The van der Waals surface area contributed by atoms with Gasteiger partial charge in [-0.1, -0.05) is 6.92 Å². The predicted molar refractivity (Wildman–Crippen MR) is 85.5 cm³/mol. The highest BCUT2D eigenvalue weighted by molar-refractivity contribution is 5.85. The smallest absolute Gasteiger partial charge is 0.489 e. The summed E-state index contributed by atoms with van der Waals surface area (Å²) in [4.78, 5) is 27.2. The number of pyridine rings is 1. The highest BCUT2D eigenvalue weighted by Crippen LogP contribution is 2.46. The second kappa shape index (κ2) is 7.92. The topological polar surface area (TPSA) is 79.7 Å². The molecule has 144 valence electrons. The Balaban J connectivity index is 0.000000298. The number of nitrogens with zero attached hydrogens (tertiary/aromatic N) is 2. The number of ether oxygens (including phenoxy) is 1. The molecule has 1 aromatic rings. The highest BCUT2D eigenvalue weighted by atomic mass is 19.4. The summed E-state index contributed by atoms with van der Waals surface area (Å²) in [6.07, 6.45) is 2.54. The molecule has 1 amide bonds. The van der Waals surface area contributed by atoms with Gasteiger partial charge >= 0.3 is 12.1 Å². The SMILES string of the molecule is CC1(C(=O)N2CCC(Oc3cccnc3)CC2)CC1.O=C(O)C(F)(F)F. The molecule has 1 aliphatic heterocycles. The number of halogens is 3. The van der Waals surface area contributed by atoms with E-state index in [-0.39, 0.29) is 11.5 Å². The third-order valence-corrected chi connectivity index (χ3v) is 4.43. The monoisotopic (exact) mass is 374 g/mol. The Morgan fingerprint density at radius 3 is 2.31 bits per heavy atom. The molecule has 1 aliphatic carbocycles. The van der Waals surface area contributed by atoms with Crippen molar-refractivity contribution in [2.75, 3.05) is 13.1 Å². The zero-order chi connectivity index (χ0) is 19.4. The van der Waals surface area contributed by atoms with Gasteiger partial charge in [0.25, 0.3) is 0 Å². The molecule has 0 bridgehead atoms. The standard InChI is InChI=1S/C15H20N2O2.C2HF3O2/c1-15(6-7-15)14(18)17-9-4-12(5-10-17)19-13-3-2-8-16-11-13;3-2(4,5)1(6)7/h2-3,8,11-12H,4-7,9-10H2,1H3;(H,6,7). The first-order valence-corrected chi connectivity index (χ1v) is 8.28. The predicted octanol–water partition coefficient (Wildman–Crippen LogP) is 2.88. The van der Waals surface area contributed by atoms with Crippen LogP contribution >= 0.6 is 0 Å². The average molecular weight is 374 g/mol. The fourth-order valence-electron chi connectivity index (χ4n) is 2.57. The van der Waals surface area contributed by atoms with Crippen LogP contribution in [0, 0.1) is 5.41 Å². The Morgan fingerprint density at radius 1 is 1.31 bits per heavy atom. The molecule has 0 aromatic carbocycles. The Labute approximate surface area is 149 Å². The summed E-state index contributed by atoms with van der Waals surface area (Å²) in [5.41, 5.74) is -0.0446.